The number of hydrogen-bond acceptors (Lipinski definition) is 2. The van der Waals surface area contributed by atoms with Crippen molar-refractivity contribution in [1.82, 2.24) is 10.6 Å². The highest BCUT2D eigenvalue weighted by Gasteiger charge is 2.13. The van der Waals surface area contributed by atoms with Crippen molar-refractivity contribution >= 4 is 17.9 Å². The summed E-state index contributed by atoms with van der Waals surface area (Å²) in [5.74, 6) is -1.19. The van der Waals surface area contributed by atoms with Crippen LogP contribution in [0.15, 0.2) is 54.2 Å². The van der Waals surface area contributed by atoms with Gasteiger partial charge < -0.3 is 10.6 Å². The van der Waals surface area contributed by atoms with Gasteiger partial charge in [0.15, 0.2) is 0 Å². The number of carbonyl (C=O) groups excluding carboxylic acids is 2. The standard InChI is InChI=1S/C18H17FN2O2/c1-12-3-7-14(8-4-12)17(22)21-16(18(23)20-2)11-13-5-9-15(19)10-6-13/h3-11H,1-2H3,(H,20,23)(H,21,22)/b16-11-. The van der Waals surface area contributed by atoms with Gasteiger partial charge in [0, 0.05) is 12.6 Å². The van der Waals surface area contributed by atoms with Crippen LogP contribution in [0, 0.1) is 12.7 Å². The van der Waals surface area contributed by atoms with Crippen LogP contribution >= 0.6 is 0 Å². The molecule has 0 saturated carbocycles. The third-order valence-electron chi connectivity index (χ3n) is 3.21. The molecule has 0 heterocycles. The fraction of sp³-hybridized carbons (Fsp3) is 0.111. The van der Waals surface area contributed by atoms with Crippen LogP contribution in [0.5, 0.6) is 0 Å². The lowest BCUT2D eigenvalue weighted by Crippen LogP contribution is -2.33. The van der Waals surface area contributed by atoms with Crippen LogP contribution < -0.4 is 10.6 Å². The minimum atomic E-state index is -0.435. The highest BCUT2D eigenvalue weighted by atomic mass is 19.1. The van der Waals surface area contributed by atoms with E-state index in [2.05, 4.69) is 10.6 Å². The Hall–Kier alpha value is -2.95. The smallest absolute Gasteiger partial charge is 0.267 e. The summed E-state index contributed by atoms with van der Waals surface area (Å²) in [6.45, 7) is 1.92. The molecule has 0 unspecified atom stereocenters. The molecule has 0 bridgehead atoms. The van der Waals surface area contributed by atoms with Gasteiger partial charge >= 0.3 is 0 Å². The Morgan fingerprint density at radius 3 is 2.17 bits per heavy atom. The van der Waals surface area contributed by atoms with Crippen molar-refractivity contribution < 1.29 is 14.0 Å². The molecule has 2 aromatic rings. The molecule has 0 radical (unpaired) electrons. The molecule has 2 N–H and O–H groups in total. The maximum Gasteiger partial charge on any atom is 0.267 e. The number of hydrogen-bond donors (Lipinski definition) is 2. The van der Waals surface area contributed by atoms with Crippen LogP contribution in [0.1, 0.15) is 21.5 Å². The minimum absolute atomic E-state index is 0.0877. The first-order valence-electron chi connectivity index (χ1n) is 7.07. The van der Waals surface area contributed by atoms with E-state index >= 15 is 0 Å². The van der Waals surface area contributed by atoms with E-state index in [1.807, 2.05) is 19.1 Å². The summed E-state index contributed by atoms with van der Waals surface area (Å²) in [6.07, 6.45) is 1.49. The maximum absolute atomic E-state index is 12.9. The Balaban J connectivity index is 2.25. The lowest BCUT2D eigenvalue weighted by atomic mass is 10.1. The normalized spacial score (nSPS) is 11.0. The lowest BCUT2D eigenvalue weighted by Gasteiger charge is -2.09. The highest BCUT2D eigenvalue weighted by molar-refractivity contribution is 6.05. The Kier molecular flexibility index (Phi) is 5.25. The first kappa shape index (κ1) is 16.4. The van der Waals surface area contributed by atoms with Gasteiger partial charge in [0.25, 0.3) is 11.8 Å². The lowest BCUT2D eigenvalue weighted by molar-refractivity contribution is -0.117. The van der Waals surface area contributed by atoms with Crippen molar-refractivity contribution in [2.24, 2.45) is 0 Å². The number of amides is 2. The summed E-state index contributed by atoms with van der Waals surface area (Å²) in [4.78, 5) is 24.2. The summed E-state index contributed by atoms with van der Waals surface area (Å²) in [6, 6.07) is 12.6. The fourth-order valence-electron chi connectivity index (χ4n) is 1.92. The molecule has 0 aliphatic rings. The third-order valence-corrected chi connectivity index (χ3v) is 3.21. The number of benzene rings is 2. The van der Waals surface area contributed by atoms with Gasteiger partial charge in [-0.15, -0.1) is 0 Å². The van der Waals surface area contributed by atoms with Gasteiger partial charge in [-0.3, -0.25) is 9.59 Å². The van der Waals surface area contributed by atoms with Crippen molar-refractivity contribution in [1.29, 1.82) is 0 Å². The second kappa shape index (κ2) is 7.35. The van der Waals surface area contributed by atoms with Crippen LogP contribution in [-0.2, 0) is 4.79 Å². The predicted molar refractivity (Wildman–Crippen MR) is 87.1 cm³/mol. The fourth-order valence-corrected chi connectivity index (χ4v) is 1.92. The van der Waals surface area contributed by atoms with Gasteiger partial charge in [-0.2, -0.15) is 0 Å². The van der Waals surface area contributed by atoms with Gasteiger partial charge in [0.1, 0.15) is 11.5 Å². The zero-order valence-corrected chi connectivity index (χ0v) is 12.9. The molecular formula is C18H17FN2O2. The third kappa shape index (κ3) is 4.51. The zero-order chi connectivity index (χ0) is 16.8. The van der Waals surface area contributed by atoms with Crippen LogP contribution in [-0.4, -0.2) is 18.9 Å². The van der Waals surface area contributed by atoms with Gasteiger partial charge in [-0.25, -0.2) is 4.39 Å². The molecule has 4 nitrogen and oxygen atoms in total. The first-order chi connectivity index (χ1) is 11.0. The van der Waals surface area contributed by atoms with Crippen LogP contribution in [0.25, 0.3) is 6.08 Å². The monoisotopic (exact) mass is 312 g/mol. The molecule has 0 fully saturated rings. The van der Waals surface area contributed by atoms with Gasteiger partial charge in [0.2, 0.25) is 0 Å². The molecule has 23 heavy (non-hydrogen) atoms. The molecule has 0 atom stereocenters. The Labute approximate surface area is 134 Å². The molecule has 0 saturated heterocycles. The summed E-state index contributed by atoms with van der Waals surface area (Å²) in [5, 5.41) is 5.05. The molecular weight excluding hydrogens is 295 g/mol. The Morgan fingerprint density at radius 2 is 1.61 bits per heavy atom. The minimum Gasteiger partial charge on any atom is -0.354 e. The predicted octanol–water partition coefficient (Wildman–Crippen LogP) is 2.65. The summed E-state index contributed by atoms with van der Waals surface area (Å²) in [7, 11) is 1.47. The van der Waals surface area contributed by atoms with Crippen molar-refractivity contribution in [2.45, 2.75) is 6.92 Å². The van der Waals surface area contributed by atoms with E-state index in [4.69, 9.17) is 0 Å². The van der Waals surface area contributed by atoms with Crippen LogP contribution in [0.2, 0.25) is 0 Å². The Bertz CT molecular complexity index is 735. The van der Waals surface area contributed by atoms with Crippen LogP contribution in [0.4, 0.5) is 4.39 Å². The number of likely N-dealkylation sites (N-methyl/N-ethyl adjacent to an activating group) is 1. The van der Waals surface area contributed by atoms with Crippen molar-refractivity contribution in [2.75, 3.05) is 7.05 Å². The van der Waals surface area contributed by atoms with Crippen molar-refractivity contribution in [3.8, 4) is 0 Å². The molecule has 0 spiro atoms. The number of halogens is 1. The molecule has 0 aliphatic carbocycles. The second-order valence-corrected chi connectivity index (χ2v) is 5.01. The van der Waals surface area contributed by atoms with E-state index in [0.29, 0.717) is 11.1 Å². The average molecular weight is 312 g/mol. The number of carbonyl (C=O) groups is 2. The topological polar surface area (TPSA) is 58.2 Å². The van der Waals surface area contributed by atoms with E-state index in [-0.39, 0.29) is 17.4 Å². The highest BCUT2D eigenvalue weighted by Crippen LogP contribution is 2.09. The molecule has 0 aromatic heterocycles. The molecule has 118 valence electrons. The van der Waals surface area contributed by atoms with Gasteiger partial charge in [-0.05, 0) is 42.8 Å². The molecule has 2 rings (SSSR count). The summed E-state index contributed by atoms with van der Waals surface area (Å²) < 4.78 is 12.9. The number of aryl methyl sites for hydroxylation is 1. The maximum atomic E-state index is 12.9. The van der Waals surface area contributed by atoms with E-state index in [1.54, 1.807) is 12.1 Å². The quantitative estimate of drug-likeness (QED) is 0.853. The number of rotatable bonds is 4. The SMILES string of the molecule is CNC(=O)/C(=C/c1ccc(F)cc1)NC(=O)c1ccc(C)cc1. The van der Waals surface area contributed by atoms with E-state index in [9.17, 15) is 14.0 Å². The van der Waals surface area contributed by atoms with E-state index in [1.165, 1.54) is 37.4 Å². The van der Waals surface area contributed by atoms with Crippen molar-refractivity contribution in [3.05, 3.63) is 76.7 Å². The van der Waals surface area contributed by atoms with E-state index in [0.717, 1.165) is 5.56 Å². The molecule has 2 amide bonds. The largest absolute Gasteiger partial charge is 0.354 e. The molecule has 0 aliphatic heterocycles. The first-order valence-corrected chi connectivity index (χ1v) is 7.07. The molecule has 5 heteroatoms. The molecule has 2 aromatic carbocycles. The second-order valence-electron chi connectivity index (χ2n) is 5.01. The van der Waals surface area contributed by atoms with Gasteiger partial charge in [-0.1, -0.05) is 29.8 Å². The van der Waals surface area contributed by atoms with E-state index < -0.39 is 5.91 Å². The van der Waals surface area contributed by atoms with Crippen LogP contribution in [0.3, 0.4) is 0 Å². The zero-order valence-electron chi connectivity index (χ0n) is 12.9. The summed E-state index contributed by atoms with van der Waals surface area (Å²) in [5.41, 5.74) is 2.18. The Morgan fingerprint density at radius 1 is 1.00 bits per heavy atom. The number of nitrogens with one attached hydrogen (secondary N) is 2. The van der Waals surface area contributed by atoms with Gasteiger partial charge in [0.05, 0.1) is 0 Å². The summed E-state index contributed by atoms with van der Waals surface area (Å²) >= 11 is 0. The average Bonchev–Trinajstić information content (AvgIpc) is 2.56. The van der Waals surface area contributed by atoms with Crippen molar-refractivity contribution in [3.63, 3.8) is 0 Å².